The van der Waals surface area contributed by atoms with Gasteiger partial charge in [0.05, 0.1) is 12.7 Å². The third-order valence-electron chi connectivity index (χ3n) is 5.59. The molecule has 1 aromatic rings. The number of esters is 1. The number of nitrogens with zero attached hydrogens (tertiary/aromatic N) is 1. The number of carbonyl (C=O) groups excluding carboxylic acids is 3. The van der Waals surface area contributed by atoms with Crippen molar-refractivity contribution in [2.24, 2.45) is 0 Å². The molecule has 16 nitrogen and oxygen atoms in total. The van der Waals surface area contributed by atoms with Crippen LogP contribution in [0.25, 0.3) is 0 Å². The van der Waals surface area contributed by atoms with Crippen LogP contribution in [0.1, 0.15) is 33.9 Å². The van der Waals surface area contributed by atoms with E-state index in [9.17, 15) is 38.8 Å². The maximum atomic E-state index is 13.7. The number of hydrogen-bond donors (Lipinski definition) is 6. The lowest BCUT2D eigenvalue weighted by molar-refractivity contribution is -0.149. The second kappa shape index (κ2) is 11.7. The molecule has 2 fully saturated rings. The summed E-state index contributed by atoms with van der Waals surface area (Å²) in [5.41, 5.74) is -3.60. The van der Waals surface area contributed by atoms with Crippen molar-refractivity contribution in [3.63, 3.8) is 0 Å². The summed E-state index contributed by atoms with van der Waals surface area (Å²) >= 11 is 0.622. The van der Waals surface area contributed by atoms with Gasteiger partial charge in [0.2, 0.25) is 0 Å². The largest absolute Gasteiger partial charge is 0.462 e. The fraction of sp³-hybridized carbons (Fsp3) is 0.650. The second-order valence-electron chi connectivity index (χ2n) is 9.16. The van der Waals surface area contributed by atoms with Gasteiger partial charge >= 0.3 is 24.4 Å². The van der Waals surface area contributed by atoms with Crippen molar-refractivity contribution in [3.05, 3.63) is 33.1 Å². The molecule has 0 radical (unpaired) electrons. The van der Waals surface area contributed by atoms with Crippen LogP contribution >= 0.6 is 18.1 Å². The molecule has 3 rings (SSSR count). The van der Waals surface area contributed by atoms with Gasteiger partial charge in [0, 0.05) is 18.0 Å². The van der Waals surface area contributed by atoms with Crippen LogP contribution in [0.3, 0.4) is 0 Å². The number of nitrogens with one attached hydrogen (secondary N) is 4. The van der Waals surface area contributed by atoms with E-state index in [0.29, 0.717) is 11.4 Å². The Kier molecular flexibility index (Phi) is 9.24. The first-order chi connectivity index (χ1) is 17.6. The monoisotopic (exact) mass is 579 g/mol. The average Bonchev–Trinajstić information content (AvgIpc) is 3.25. The van der Waals surface area contributed by atoms with Crippen molar-refractivity contribution in [2.45, 2.75) is 69.9 Å². The van der Waals surface area contributed by atoms with E-state index in [0.717, 1.165) is 16.8 Å². The molecule has 18 heteroatoms. The SMILES string of the molecule is CC(C)OC(=O)[C@@H](C)NP(=O)(OC[C@H]1O[C@@H](n2ccc(=O)[nH]c2=O)[C@](C)(O)[C@@H]1O)SC[C@@H]1NC(=O)NC1=O. The highest BCUT2D eigenvalue weighted by Gasteiger charge is 2.54. The van der Waals surface area contributed by atoms with Crippen LogP contribution in [-0.4, -0.2) is 86.0 Å². The minimum absolute atomic E-state index is 0.199. The Morgan fingerprint density at radius 1 is 1.32 bits per heavy atom. The summed E-state index contributed by atoms with van der Waals surface area (Å²) < 4.78 is 30.9. The van der Waals surface area contributed by atoms with E-state index in [2.05, 4.69) is 10.4 Å². The Hall–Kier alpha value is -2.53. The summed E-state index contributed by atoms with van der Waals surface area (Å²) in [5.74, 6) is -1.57. The van der Waals surface area contributed by atoms with Crippen molar-refractivity contribution in [2.75, 3.05) is 12.4 Å². The van der Waals surface area contributed by atoms with E-state index in [1.165, 1.54) is 13.8 Å². The van der Waals surface area contributed by atoms with E-state index < -0.39 is 84.7 Å². The number of amides is 3. The van der Waals surface area contributed by atoms with Crippen LogP contribution in [0.5, 0.6) is 0 Å². The summed E-state index contributed by atoms with van der Waals surface area (Å²) in [4.78, 5) is 61.2. The molecule has 3 amide bonds. The van der Waals surface area contributed by atoms with Crippen LogP contribution < -0.4 is 27.0 Å². The maximum absolute atomic E-state index is 13.7. The summed E-state index contributed by atoms with van der Waals surface area (Å²) in [6.07, 6.45) is -3.74. The first-order valence-corrected chi connectivity index (χ1v) is 14.7. The predicted molar refractivity (Wildman–Crippen MR) is 132 cm³/mol. The number of rotatable bonds is 11. The molecule has 0 saturated carbocycles. The van der Waals surface area contributed by atoms with Crippen LogP contribution in [-0.2, 0) is 28.2 Å². The predicted octanol–water partition coefficient (Wildman–Crippen LogP) is -1.46. The quantitative estimate of drug-likeness (QED) is 0.100. The molecule has 212 valence electrons. The minimum atomic E-state index is -4.05. The Morgan fingerprint density at radius 3 is 2.58 bits per heavy atom. The third kappa shape index (κ3) is 6.91. The highest BCUT2D eigenvalue weighted by atomic mass is 32.7. The van der Waals surface area contributed by atoms with Gasteiger partial charge in [-0.15, -0.1) is 0 Å². The highest BCUT2D eigenvalue weighted by molar-refractivity contribution is 8.56. The number of aliphatic hydroxyl groups excluding tert-OH is 1. The van der Waals surface area contributed by atoms with Crippen molar-refractivity contribution in [1.29, 1.82) is 0 Å². The Balaban J connectivity index is 1.76. The average molecular weight is 580 g/mol. The van der Waals surface area contributed by atoms with Gasteiger partial charge in [0.1, 0.15) is 29.9 Å². The number of aliphatic hydroxyl groups is 2. The molecular weight excluding hydrogens is 549 g/mol. The molecule has 6 N–H and O–H groups in total. The molecule has 0 aromatic carbocycles. The molecule has 2 aliphatic heterocycles. The van der Waals surface area contributed by atoms with Crippen molar-refractivity contribution in [1.82, 2.24) is 25.3 Å². The van der Waals surface area contributed by atoms with Gasteiger partial charge in [-0.2, -0.15) is 0 Å². The number of imide groups is 1. The smallest absolute Gasteiger partial charge is 0.330 e. The third-order valence-corrected chi connectivity index (χ3v) is 9.71. The Labute approximate surface area is 220 Å². The van der Waals surface area contributed by atoms with Crippen molar-refractivity contribution in [3.8, 4) is 0 Å². The first-order valence-electron chi connectivity index (χ1n) is 11.5. The summed E-state index contributed by atoms with van der Waals surface area (Å²) in [6.45, 7) is 1.21. The van der Waals surface area contributed by atoms with Crippen LogP contribution in [0.2, 0.25) is 0 Å². The van der Waals surface area contributed by atoms with E-state index in [1.54, 1.807) is 13.8 Å². The molecule has 1 aromatic heterocycles. The van der Waals surface area contributed by atoms with Crippen molar-refractivity contribution < 1.29 is 43.2 Å². The lowest BCUT2D eigenvalue weighted by Gasteiger charge is -2.27. The molecule has 2 saturated heterocycles. The van der Waals surface area contributed by atoms with E-state index in [1.807, 2.05) is 10.3 Å². The number of carbonyl (C=O) groups is 3. The maximum Gasteiger partial charge on any atom is 0.330 e. The zero-order valence-electron chi connectivity index (χ0n) is 20.9. The van der Waals surface area contributed by atoms with Gasteiger partial charge in [0.15, 0.2) is 6.23 Å². The molecule has 38 heavy (non-hydrogen) atoms. The number of hydrogen-bond acceptors (Lipinski definition) is 12. The number of aromatic amines is 1. The normalized spacial score (nSPS) is 29.6. The van der Waals surface area contributed by atoms with E-state index >= 15 is 0 Å². The zero-order chi connectivity index (χ0) is 28.4. The summed E-state index contributed by atoms with van der Waals surface area (Å²) in [7, 11) is 0. The van der Waals surface area contributed by atoms with E-state index in [4.69, 9.17) is 14.0 Å². The van der Waals surface area contributed by atoms with Gasteiger partial charge in [-0.3, -0.25) is 33.8 Å². The number of ether oxygens (including phenoxy) is 2. The summed E-state index contributed by atoms with van der Waals surface area (Å²) in [5, 5.41) is 28.5. The summed E-state index contributed by atoms with van der Waals surface area (Å²) in [6, 6.07) is -1.82. The van der Waals surface area contributed by atoms with Crippen molar-refractivity contribution >= 4 is 36.0 Å². The highest BCUT2D eigenvalue weighted by Crippen LogP contribution is 2.57. The lowest BCUT2D eigenvalue weighted by Crippen LogP contribution is -2.47. The standard InChI is InChI=1S/C20H30N5O11PS/c1-9(2)35-16(29)10(3)24-37(33,38-8-11-15(28)23-18(30)21-11)34-7-12-14(27)20(4,32)17(36-12)25-6-5-13(26)22-19(25)31/h5-6,9-12,14,17,27,32H,7-8H2,1-4H3,(H,24,33)(H,22,26,31)(H2,21,23,28,30)/t10-,11+,12-,14-,17-,20-,37?/m1/s1. The molecular formula is C20H30N5O11PS. The molecule has 2 aliphatic rings. The number of aromatic nitrogens is 2. The molecule has 0 spiro atoms. The zero-order valence-corrected chi connectivity index (χ0v) is 22.6. The number of urea groups is 1. The fourth-order valence-electron chi connectivity index (χ4n) is 3.65. The topological polar surface area (TPSA) is 227 Å². The molecule has 1 unspecified atom stereocenters. The molecule has 3 heterocycles. The van der Waals surface area contributed by atoms with Gasteiger partial charge in [-0.05, 0) is 27.7 Å². The van der Waals surface area contributed by atoms with Gasteiger partial charge in [-0.1, -0.05) is 11.4 Å². The minimum Gasteiger partial charge on any atom is -0.462 e. The van der Waals surface area contributed by atoms with Crippen LogP contribution in [0, 0.1) is 0 Å². The molecule has 0 aliphatic carbocycles. The second-order valence-corrected chi connectivity index (χ2v) is 13.5. The van der Waals surface area contributed by atoms with Gasteiger partial charge in [0.25, 0.3) is 11.5 Å². The lowest BCUT2D eigenvalue weighted by atomic mass is 9.96. The van der Waals surface area contributed by atoms with Gasteiger partial charge < -0.3 is 29.5 Å². The molecule has 0 bridgehead atoms. The first kappa shape index (κ1) is 30.0. The number of H-pyrrole nitrogens is 1. The van der Waals surface area contributed by atoms with E-state index in [-0.39, 0.29) is 5.75 Å². The van der Waals surface area contributed by atoms with Gasteiger partial charge in [-0.25, -0.2) is 14.7 Å². The Bertz CT molecular complexity index is 1230. The Morgan fingerprint density at radius 2 is 2.00 bits per heavy atom. The van der Waals surface area contributed by atoms with Crippen LogP contribution in [0.4, 0.5) is 4.79 Å². The molecule has 7 atom stereocenters. The van der Waals surface area contributed by atoms with Crippen LogP contribution in [0.15, 0.2) is 21.9 Å². The fourth-order valence-corrected chi connectivity index (χ4v) is 7.51.